The van der Waals surface area contributed by atoms with Gasteiger partial charge in [-0.2, -0.15) is 23.4 Å². The van der Waals surface area contributed by atoms with E-state index in [0.29, 0.717) is 11.4 Å². The van der Waals surface area contributed by atoms with Crippen LogP contribution >= 0.6 is 0 Å². The van der Waals surface area contributed by atoms with E-state index in [1.807, 2.05) is 20.8 Å². The number of alkyl halides is 3. The number of hydrogen-bond donors (Lipinski definition) is 2. The Kier molecular flexibility index (Phi) is 10.1. The number of hydrogen-bond acceptors (Lipinski definition) is 8. The van der Waals surface area contributed by atoms with E-state index >= 15 is 0 Å². The summed E-state index contributed by atoms with van der Waals surface area (Å²) in [6.07, 6.45) is 0.631. The normalized spacial score (nSPS) is 21.1. The summed E-state index contributed by atoms with van der Waals surface area (Å²) in [5.41, 5.74) is 0.0555. The van der Waals surface area contributed by atoms with Crippen LogP contribution in [0, 0.1) is 29.6 Å². The van der Waals surface area contributed by atoms with Crippen LogP contribution in [0.5, 0.6) is 0 Å². The molecule has 1 saturated carbocycles. The van der Waals surface area contributed by atoms with Crippen molar-refractivity contribution in [2.24, 2.45) is 11.3 Å². The average Bonchev–Trinajstić information content (AvgIpc) is 2.93. The number of nitrogens with zero attached hydrogens (tertiary/aromatic N) is 3. The molecule has 1 aliphatic heterocycles. The van der Waals surface area contributed by atoms with Gasteiger partial charge in [-0.3, -0.25) is 0 Å². The fraction of sp³-hybridized carbons (Fsp3) is 0.645. The van der Waals surface area contributed by atoms with E-state index in [-0.39, 0.29) is 59.3 Å². The first-order valence-electron chi connectivity index (χ1n) is 15.3. The van der Waals surface area contributed by atoms with Gasteiger partial charge in [-0.25, -0.2) is 4.98 Å². The summed E-state index contributed by atoms with van der Waals surface area (Å²) in [6, 6.07) is 5.04. The lowest BCUT2D eigenvalue weighted by Gasteiger charge is -2.37. The minimum absolute atomic E-state index is 0.0319. The quantitative estimate of drug-likeness (QED) is 0.292. The average molecular weight is 632 g/mol. The molecule has 2 fully saturated rings. The molecule has 2 aromatic rings. The predicted molar refractivity (Wildman–Crippen MR) is 170 cm³/mol. The van der Waals surface area contributed by atoms with Gasteiger partial charge in [-0.05, 0) is 55.6 Å². The third-order valence-electron chi connectivity index (χ3n) is 8.93. The summed E-state index contributed by atoms with van der Waals surface area (Å²) >= 11 is 0. The molecule has 2 heterocycles. The highest BCUT2D eigenvalue weighted by molar-refractivity contribution is 6.74. The van der Waals surface area contributed by atoms with Crippen molar-refractivity contribution in [2.75, 3.05) is 23.8 Å². The van der Waals surface area contributed by atoms with E-state index in [2.05, 4.69) is 60.5 Å². The minimum atomic E-state index is -4.69. The van der Waals surface area contributed by atoms with E-state index in [9.17, 15) is 18.4 Å². The summed E-state index contributed by atoms with van der Waals surface area (Å²) < 4.78 is 62.4. The van der Waals surface area contributed by atoms with E-state index in [1.54, 1.807) is 12.3 Å². The van der Waals surface area contributed by atoms with Crippen molar-refractivity contribution in [3.05, 3.63) is 35.0 Å². The van der Waals surface area contributed by atoms with Gasteiger partial charge in [-0.1, -0.05) is 47.5 Å². The van der Waals surface area contributed by atoms with Crippen LogP contribution in [-0.2, 0) is 26.5 Å². The molecule has 1 aromatic carbocycles. The van der Waals surface area contributed by atoms with Gasteiger partial charge in [0.15, 0.2) is 8.32 Å². The number of anilines is 3. The van der Waals surface area contributed by atoms with Gasteiger partial charge in [0, 0.05) is 47.6 Å². The number of benzene rings is 1. The van der Waals surface area contributed by atoms with Crippen molar-refractivity contribution >= 4 is 38.4 Å². The Morgan fingerprint density at radius 2 is 1.80 bits per heavy atom. The molecule has 0 bridgehead atoms. The monoisotopic (exact) mass is 631 g/mol. The third-order valence-corrected chi connectivity index (χ3v) is 13.4. The largest absolute Gasteiger partial charge is 0.494 e. The highest BCUT2D eigenvalue weighted by Gasteiger charge is 2.44. The zero-order valence-electron chi connectivity index (χ0n) is 27.1. The summed E-state index contributed by atoms with van der Waals surface area (Å²) in [4.78, 5) is 8.95. The molecule has 0 amide bonds. The SMILES string of the molecule is Cc1cnc(Nc2cc(CO[Si](C)(C)C(C)(C)C)c(B3OCC(C)(C)CO3)c(C(F)(F)F)c2)nc1NC1CCCCC1C#N. The van der Waals surface area contributed by atoms with Gasteiger partial charge in [0.05, 0.1) is 24.2 Å². The minimum Gasteiger partial charge on any atom is -0.413 e. The Hall–Kier alpha value is -2.66. The Bertz CT molecular complexity index is 1370. The van der Waals surface area contributed by atoms with Crippen LogP contribution in [0.1, 0.15) is 77.0 Å². The lowest BCUT2D eigenvalue weighted by molar-refractivity contribution is -0.137. The molecule has 2 N–H and O–H groups in total. The van der Waals surface area contributed by atoms with Crippen LogP contribution in [0.2, 0.25) is 18.1 Å². The first-order chi connectivity index (χ1) is 20.4. The second-order valence-electron chi connectivity index (χ2n) is 14.4. The molecule has 8 nitrogen and oxygen atoms in total. The Labute approximate surface area is 260 Å². The number of nitrogens with one attached hydrogen (secondary N) is 2. The molecule has 1 aliphatic carbocycles. The molecule has 13 heteroatoms. The summed E-state index contributed by atoms with van der Waals surface area (Å²) in [5, 5.41) is 15.9. The van der Waals surface area contributed by atoms with Crippen LogP contribution in [0.25, 0.3) is 0 Å². The standard InChI is InChI=1S/C31H45BF3N5O3Si/c1-20-16-37-28(40-27(20)39-25-12-10-9-11-21(25)15-36)38-23-13-22(17-43-44(7,8)29(2,3)4)26(24(14-23)31(33,34)35)32-41-18-30(5,6)19-42-32/h13-14,16,21,25H,9-12,17-19H2,1-8H3,(H2,37,38,39,40). The molecule has 2 atom stereocenters. The van der Waals surface area contributed by atoms with E-state index in [1.165, 1.54) is 0 Å². The van der Waals surface area contributed by atoms with Gasteiger partial charge >= 0.3 is 13.3 Å². The second-order valence-corrected chi connectivity index (χ2v) is 19.2. The number of aryl methyl sites for hydroxylation is 1. The van der Waals surface area contributed by atoms with Crippen LogP contribution in [-0.4, -0.2) is 44.7 Å². The zero-order chi connectivity index (χ0) is 32.5. The maximum Gasteiger partial charge on any atom is 0.494 e. The van der Waals surface area contributed by atoms with Crippen molar-refractivity contribution in [1.29, 1.82) is 5.26 Å². The second kappa shape index (κ2) is 13.0. The Morgan fingerprint density at radius 3 is 2.41 bits per heavy atom. The Morgan fingerprint density at radius 1 is 1.14 bits per heavy atom. The summed E-state index contributed by atoms with van der Waals surface area (Å²) in [5.74, 6) is 0.566. The number of rotatable bonds is 8. The van der Waals surface area contributed by atoms with E-state index in [4.69, 9.17) is 13.7 Å². The molecular formula is C31H45BF3N5O3Si. The first-order valence-corrected chi connectivity index (χ1v) is 18.2. The van der Waals surface area contributed by atoms with Crippen molar-refractivity contribution in [2.45, 2.75) is 104 Å². The molecule has 44 heavy (non-hydrogen) atoms. The van der Waals surface area contributed by atoms with Crippen molar-refractivity contribution < 1.29 is 26.9 Å². The molecule has 1 saturated heterocycles. The molecule has 4 rings (SSSR count). The van der Waals surface area contributed by atoms with Gasteiger partial charge in [0.25, 0.3) is 0 Å². The van der Waals surface area contributed by atoms with E-state index in [0.717, 1.165) is 37.3 Å². The van der Waals surface area contributed by atoms with Gasteiger partial charge in [-0.15, -0.1) is 0 Å². The molecule has 0 radical (unpaired) electrons. The molecule has 2 aliphatic rings. The number of aromatic nitrogens is 2. The molecule has 0 spiro atoms. The van der Waals surface area contributed by atoms with Gasteiger partial charge < -0.3 is 24.4 Å². The maximum atomic E-state index is 14.7. The highest BCUT2D eigenvalue weighted by Crippen LogP contribution is 2.38. The van der Waals surface area contributed by atoms with Crippen molar-refractivity contribution in [3.63, 3.8) is 0 Å². The lowest BCUT2D eigenvalue weighted by atomic mass is 9.70. The highest BCUT2D eigenvalue weighted by atomic mass is 28.4. The zero-order valence-corrected chi connectivity index (χ0v) is 28.1. The smallest absolute Gasteiger partial charge is 0.413 e. The van der Waals surface area contributed by atoms with Gasteiger partial charge in [0.2, 0.25) is 5.95 Å². The van der Waals surface area contributed by atoms with Crippen LogP contribution in [0.15, 0.2) is 18.3 Å². The van der Waals surface area contributed by atoms with Crippen LogP contribution in [0.3, 0.4) is 0 Å². The lowest BCUT2D eigenvalue weighted by Crippen LogP contribution is -2.51. The number of nitriles is 1. The fourth-order valence-electron chi connectivity index (χ4n) is 5.16. The van der Waals surface area contributed by atoms with Crippen molar-refractivity contribution in [3.8, 4) is 6.07 Å². The van der Waals surface area contributed by atoms with Crippen LogP contribution in [0.4, 0.5) is 30.6 Å². The third kappa shape index (κ3) is 8.13. The fourth-order valence-corrected chi connectivity index (χ4v) is 6.11. The summed E-state index contributed by atoms with van der Waals surface area (Å²) in [6.45, 7) is 16.6. The van der Waals surface area contributed by atoms with E-state index < -0.39 is 27.2 Å². The summed E-state index contributed by atoms with van der Waals surface area (Å²) in [7, 11) is -3.50. The number of halogens is 3. The maximum absolute atomic E-state index is 14.7. The molecule has 2 unspecified atom stereocenters. The molecule has 240 valence electrons. The molecular weight excluding hydrogens is 586 g/mol. The predicted octanol–water partition coefficient (Wildman–Crippen LogP) is 7.33. The Balaban J connectivity index is 1.72. The topological polar surface area (TPSA) is 101 Å². The first kappa shape index (κ1) is 34.2. The van der Waals surface area contributed by atoms with Crippen molar-refractivity contribution in [1.82, 2.24) is 9.97 Å². The van der Waals surface area contributed by atoms with Crippen LogP contribution < -0.4 is 16.1 Å². The molecule has 1 aromatic heterocycles. The van der Waals surface area contributed by atoms with Gasteiger partial charge in [0.1, 0.15) is 5.82 Å².